The van der Waals surface area contributed by atoms with E-state index in [2.05, 4.69) is 25.4 Å². The van der Waals surface area contributed by atoms with Crippen molar-refractivity contribution in [2.45, 2.75) is 32.7 Å². The lowest BCUT2D eigenvalue weighted by Gasteiger charge is -2.35. The molecule has 26 heavy (non-hydrogen) atoms. The number of aromatic nitrogens is 5. The molecule has 2 aromatic heterocycles. The molecule has 0 saturated carbocycles. The van der Waals surface area contributed by atoms with E-state index in [1.807, 2.05) is 23.6 Å². The average molecular weight is 379 g/mol. The Morgan fingerprint density at radius 3 is 2.62 bits per heavy atom. The van der Waals surface area contributed by atoms with Crippen molar-refractivity contribution in [1.29, 1.82) is 0 Å². The average Bonchev–Trinajstić information content (AvgIpc) is 3.19. The van der Waals surface area contributed by atoms with Crippen molar-refractivity contribution in [3.8, 4) is 5.82 Å². The highest BCUT2D eigenvalue weighted by molar-refractivity contribution is 6.34. The summed E-state index contributed by atoms with van der Waals surface area (Å²) in [6.45, 7) is 6.89. The molecular formula is C16H23ClN8O. The normalized spacial score (nSPS) is 15.1. The van der Waals surface area contributed by atoms with Crippen LogP contribution in [-0.4, -0.2) is 72.8 Å². The summed E-state index contributed by atoms with van der Waals surface area (Å²) in [5.74, 6) is 1.05. The van der Waals surface area contributed by atoms with E-state index in [4.69, 9.17) is 11.6 Å². The van der Waals surface area contributed by atoms with Crippen LogP contribution in [0.4, 0.5) is 10.6 Å². The maximum absolute atomic E-state index is 12.4. The third-order valence-electron chi connectivity index (χ3n) is 4.55. The summed E-state index contributed by atoms with van der Waals surface area (Å²) in [6.07, 6.45) is 6.09. The van der Waals surface area contributed by atoms with Crippen molar-refractivity contribution in [1.82, 2.24) is 34.5 Å². The van der Waals surface area contributed by atoms with Crippen LogP contribution in [0.5, 0.6) is 0 Å². The van der Waals surface area contributed by atoms with Gasteiger partial charge in [-0.1, -0.05) is 11.6 Å². The fourth-order valence-electron chi connectivity index (χ4n) is 3.04. The zero-order valence-electron chi connectivity index (χ0n) is 15.0. The van der Waals surface area contributed by atoms with Crippen LogP contribution in [0.2, 0.25) is 5.02 Å². The van der Waals surface area contributed by atoms with Gasteiger partial charge < -0.3 is 15.1 Å². The molecule has 0 atom stereocenters. The van der Waals surface area contributed by atoms with Crippen molar-refractivity contribution in [3.63, 3.8) is 0 Å². The zero-order valence-corrected chi connectivity index (χ0v) is 15.7. The minimum Gasteiger partial charge on any atom is -0.366 e. The van der Waals surface area contributed by atoms with Crippen molar-refractivity contribution in [2.24, 2.45) is 0 Å². The second-order valence-electron chi connectivity index (χ2n) is 6.06. The number of carbonyl (C=O) groups is 1. The number of nitrogens with zero attached hydrogens (tertiary/aromatic N) is 7. The van der Waals surface area contributed by atoms with E-state index in [0.717, 1.165) is 25.9 Å². The second-order valence-corrected chi connectivity index (χ2v) is 6.44. The minimum absolute atomic E-state index is 0.113. The van der Waals surface area contributed by atoms with Crippen LogP contribution >= 0.6 is 11.6 Å². The summed E-state index contributed by atoms with van der Waals surface area (Å²) in [4.78, 5) is 28.5. The Hall–Kier alpha value is -2.42. The number of nitrogens with one attached hydrogen (secondary N) is 1. The van der Waals surface area contributed by atoms with E-state index >= 15 is 0 Å². The van der Waals surface area contributed by atoms with Gasteiger partial charge in [-0.3, -0.25) is 0 Å². The lowest BCUT2D eigenvalue weighted by atomic mass is 10.1. The van der Waals surface area contributed by atoms with Gasteiger partial charge >= 0.3 is 6.03 Å². The van der Waals surface area contributed by atoms with Crippen LogP contribution in [-0.2, 0) is 0 Å². The number of urea groups is 1. The van der Waals surface area contributed by atoms with Crippen molar-refractivity contribution >= 4 is 23.4 Å². The van der Waals surface area contributed by atoms with E-state index in [1.165, 1.54) is 23.7 Å². The summed E-state index contributed by atoms with van der Waals surface area (Å²) >= 11 is 6.43. The Labute approximate surface area is 157 Å². The Morgan fingerprint density at radius 2 is 2.00 bits per heavy atom. The van der Waals surface area contributed by atoms with E-state index in [1.54, 1.807) is 0 Å². The molecule has 0 spiro atoms. The van der Waals surface area contributed by atoms with Crippen LogP contribution in [0.15, 0.2) is 19.0 Å². The highest BCUT2D eigenvalue weighted by Crippen LogP contribution is 2.26. The maximum Gasteiger partial charge on any atom is 0.319 e. The number of anilines is 1. The standard InChI is InChI=1S/C16H23ClN8O/c1-3-23(4-2)16(26)24-7-5-12(6-8-24)22-14-13(17)15(20-10-19-14)25-11-18-9-21-25/h9-12H,3-8H2,1-2H3,(H,19,20,22). The van der Waals surface area contributed by atoms with Crippen LogP contribution < -0.4 is 5.32 Å². The van der Waals surface area contributed by atoms with Gasteiger partial charge in [0.05, 0.1) is 0 Å². The largest absolute Gasteiger partial charge is 0.366 e. The highest BCUT2D eigenvalue weighted by Gasteiger charge is 2.26. The van der Waals surface area contributed by atoms with Gasteiger partial charge in [-0.2, -0.15) is 5.10 Å². The molecule has 0 unspecified atom stereocenters. The molecule has 10 heteroatoms. The number of amides is 2. The van der Waals surface area contributed by atoms with Gasteiger partial charge in [0.25, 0.3) is 0 Å². The first kappa shape index (κ1) is 18.4. The van der Waals surface area contributed by atoms with Crippen molar-refractivity contribution in [2.75, 3.05) is 31.5 Å². The van der Waals surface area contributed by atoms with E-state index in [9.17, 15) is 4.79 Å². The maximum atomic E-state index is 12.4. The molecule has 1 aliphatic rings. The molecule has 1 aliphatic heterocycles. The first-order chi connectivity index (χ1) is 12.6. The first-order valence-electron chi connectivity index (χ1n) is 8.79. The summed E-state index contributed by atoms with van der Waals surface area (Å²) in [5, 5.41) is 7.83. The van der Waals surface area contributed by atoms with Crippen molar-refractivity contribution in [3.05, 3.63) is 24.0 Å². The molecule has 1 N–H and O–H groups in total. The van der Waals surface area contributed by atoms with Crippen molar-refractivity contribution < 1.29 is 4.79 Å². The van der Waals surface area contributed by atoms with Gasteiger partial charge in [0.15, 0.2) is 11.6 Å². The third-order valence-corrected chi connectivity index (χ3v) is 4.90. The number of halogens is 1. The lowest BCUT2D eigenvalue weighted by molar-refractivity contribution is 0.145. The fraction of sp³-hybridized carbons (Fsp3) is 0.562. The predicted octanol–water partition coefficient (Wildman–Crippen LogP) is 2.05. The monoisotopic (exact) mass is 378 g/mol. The Morgan fingerprint density at radius 1 is 1.27 bits per heavy atom. The van der Waals surface area contributed by atoms with Gasteiger partial charge in [0.2, 0.25) is 0 Å². The molecule has 1 fully saturated rings. The molecule has 0 aromatic carbocycles. The topological polar surface area (TPSA) is 92.1 Å². The van der Waals surface area contributed by atoms with Gasteiger partial charge in [-0.15, -0.1) is 0 Å². The van der Waals surface area contributed by atoms with Crippen LogP contribution in [0.1, 0.15) is 26.7 Å². The molecule has 3 rings (SSSR count). The number of hydrogen-bond donors (Lipinski definition) is 1. The summed E-state index contributed by atoms with van der Waals surface area (Å²) in [7, 11) is 0. The van der Waals surface area contributed by atoms with Gasteiger partial charge in [-0.05, 0) is 26.7 Å². The molecular weight excluding hydrogens is 356 g/mol. The smallest absolute Gasteiger partial charge is 0.319 e. The van der Waals surface area contributed by atoms with E-state index < -0.39 is 0 Å². The highest BCUT2D eigenvalue weighted by atomic mass is 35.5. The molecule has 3 heterocycles. The molecule has 9 nitrogen and oxygen atoms in total. The summed E-state index contributed by atoms with van der Waals surface area (Å²) in [5.41, 5.74) is 0. The Bertz CT molecular complexity index is 726. The summed E-state index contributed by atoms with van der Waals surface area (Å²) in [6, 6.07) is 0.314. The van der Waals surface area contributed by atoms with Crippen LogP contribution in [0.25, 0.3) is 5.82 Å². The third kappa shape index (κ3) is 3.87. The van der Waals surface area contributed by atoms with Gasteiger partial charge in [0, 0.05) is 32.2 Å². The van der Waals surface area contributed by atoms with Crippen LogP contribution in [0.3, 0.4) is 0 Å². The van der Waals surface area contributed by atoms with E-state index in [-0.39, 0.29) is 12.1 Å². The number of rotatable bonds is 5. The molecule has 2 aromatic rings. The lowest BCUT2D eigenvalue weighted by Crippen LogP contribution is -2.48. The number of piperidine rings is 1. The number of carbonyl (C=O) groups excluding carboxylic acids is 1. The predicted molar refractivity (Wildman–Crippen MR) is 98.5 cm³/mol. The number of likely N-dealkylation sites (tertiary alicyclic amines) is 1. The molecule has 0 bridgehead atoms. The van der Waals surface area contributed by atoms with Crippen LogP contribution in [0, 0.1) is 0 Å². The fourth-order valence-corrected chi connectivity index (χ4v) is 3.28. The second kappa shape index (κ2) is 8.31. The molecule has 2 amide bonds. The first-order valence-corrected chi connectivity index (χ1v) is 9.17. The Balaban J connectivity index is 1.62. The van der Waals surface area contributed by atoms with E-state index in [0.29, 0.717) is 29.7 Å². The molecule has 140 valence electrons. The zero-order chi connectivity index (χ0) is 18.5. The SMILES string of the molecule is CCN(CC)C(=O)N1CCC(Nc2ncnc(-n3cncn3)c2Cl)CC1. The molecule has 0 aliphatic carbocycles. The van der Waals surface area contributed by atoms with Gasteiger partial charge in [-0.25, -0.2) is 24.4 Å². The molecule has 1 saturated heterocycles. The minimum atomic E-state index is 0.113. The Kier molecular flexibility index (Phi) is 5.87. The quantitative estimate of drug-likeness (QED) is 0.856. The van der Waals surface area contributed by atoms with Gasteiger partial charge in [0.1, 0.15) is 24.0 Å². The summed E-state index contributed by atoms with van der Waals surface area (Å²) < 4.78 is 1.50. The number of hydrogen-bond acceptors (Lipinski definition) is 6. The molecule has 0 radical (unpaired) electrons.